The number of aryl methyl sites for hydroxylation is 1. The first-order valence-electron chi connectivity index (χ1n) is 14.6. The molecule has 2 N–H and O–H groups in total. The van der Waals surface area contributed by atoms with E-state index in [1.54, 1.807) is 13.2 Å². The van der Waals surface area contributed by atoms with Crippen LogP contribution in [0.3, 0.4) is 0 Å². The third-order valence-corrected chi connectivity index (χ3v) is 8.55. The van der Waals surface area contributed by atoms with Crippen LogP contribution in [0.1, 0.15) is 31.2 Å². The minimum atomic E-state index is -0.330. The molecule has 0 spiro atoms. The van der Waals surface area contributed by atoms with Crippen molar-refractivity contribution in [3.05, 3.63) is 90.5 Å². The van der Waals surface area contributed by atoms with Crippen LogP contribution in [0.15, 0.2) is 79.1 Å². The van der Waals surface area contributed by atoms with Gasteiger partial charge in [-0.3, -0.25) is 9.67 Å². The van der Waals surface area contributed by atoms with Crippen LogP contribution in [-0.2, 0) is 13.6 Å². The highest BCUT2D eigenvalue weighted by Gasteiger charge is 2.17. The summed E-state index contributed by atoms with van der Waals surface area (Å²) in [4.78, 5) is 8.12. The van der Waals surface area contributed by atoms with Gasteiger partial charge in [-0.1, -0.05) is 31.0 Å². The highest BCUT2D eigenvalue weighted by atomic mass is 19.1. The molecule has 3 aromatic heterocycles. The fourth-order valence-electron chi connectivity index (χ4n) is 6.39. The van der Waals surface area contributed by atoms with E-state index in [4.69, 9.17) is 9.84 Å². The SMILES string of the molecule is COc1cc(F)cc(-c2cccc3[nH]c(-c4nn(C)c5ccc(-c6cncc(CNCC7CCCC7)c6)cc45)cc23)c1. The molecule has 0 aliphatic heterocycles. The Morgan fingerprint density at radius 1 is 0.952 bits per heavy atom. The monoisotopic (exact) mass is 559 g/mol. The molecule has 1 aliphatic rings. The number of rotatable bonds is 8. The Bertz CT molecular complexity index is 1900. The highest BCUT2D eigenvalue weighted by molar-refractivity contribution is 6.02. The average molecular weight is 560 g/mol. The molecule has 6 aromatic rings. The van der Waals surface area contributed by atoms with Gasteiger partial charge in [0.1, 0.15) is 17.3 Å². The Morgan fingerprint density at radius 3 is 2.69 bits per heavy atom. The molecule has 6 nitrogen and oxygen atoms in total. The van der Waals surface area contributed by atoms with Crippen molar-refractivity contribution in [1.82, 2.24) is 25.1 Å². The quantitative estimate of drug-likeness (QED) is 0.199. The van der Waals surface area contributed by atoms with Crippen molar-refractivity contribution >= 4 is 21.8 Å². The number of aromatic amines is 1. The summed E-state index contributed by atoms with van der Waals surface area (Å²) in [5.74, 6) is 0.970. The van der Waals surface area contributed by atoms with Crippen LogP contribution >= 0.6 is 0 Å². The predicted octanol–water partition coefficient (Wildman–Crippen LogP) is 7.88. The van der Waals surface area contributed by atoms with Crippen molar-refractivity contribution < 1.29 is 9.13 Å². The Labute approximate surface area is 244 Å². The molecule has 0 atom stereocenters. The number of H-pyrrole nitrogens is 1. The third kappa shape index (κ3) is 5.05. The number of nitrogens with zero attached hydrogens (tertiary/aromatic N) is 3. The maximum atomic E-state index is 14.4. The lowest BCUT2D eigenvalue weighted by Crippen LogP contribution is -2.20. The fourth-order valence-corrected chi connectivity index (χ4v) is 6.39. The predicted molar refractivity (Wildman–Crippen MR) is 167 cm³/mol. The summed E-state index contributed by atoms with van der Waals surface area (Å²) in [5.41, 5.74) is 8.86. The van der Waals surface area contributed by atoms with Gasteiger partial charge in [0.25, 0.3) is 0 Å². The van der Waals surface area contributed by atoms with Crippen LogP contribution < -0.4 is 10.1 Å². The van der Waals surface area contributed by atoms with Gasteiger partial charge >= 0.3 is 0 Å². The number of hydrogen-bond acceptors (Lipinski definition) is 4. The number of benzene rings is 3. The number of methoxy groups -OCH3 is 1. The van der Waals surface area contributed by atoms with Crippen molar-refractivity contribution in [1.29, 1.82) is 0 Å². The molecular weight excluding hydrogens is 525 g/mol. The van der Waals surface area contributed by atoms with Gasteiger partial charge in [-0.05, 0) is 90.0 Å². The van der Waals surface area contributed by atoms with Gasteiger partial charge in [0, 0.05) is 53.9 Å². The zero-order valence-electron chi connectivity index (χ0n) is 24.0. The van der Waals surface area contributed by atoms with Crippen molar-refractivity contribution in [2.45, 2.75) is 32.2 Å². The maximum Gasteiger partial charge on any atom is 0.127 e. The van der Waals surface area contributed by atoms with E-state index in [1.807, 2.05) is 48.4 Å². The maximum absolute atomic E-state index is 14.4. The second kappa shape index (κ2) is 11.1. The van der Waals surface area contributed by atoms with Crippen LogP contribution in [0.2, 0.25) is 0 Å². The summed E-state index contributed by atoms with van der Waals surface area (Å²) >= 11 is 0. The van der Waals surface area contributed by atoms with Crippen LogP contribution in [0.5, 0.6) is 5.75 Å². The summed E-state index contributed by atoms with van der Waals surface area (Å²) in [6, 6.07) is 21.6. The van der Waals surface area contributed by atoms with Crippen LogP contribution in [-0.4, -0.2) is 33.4 Å². The molecule has 7 heteroatoms. The molecule has 0 amide bonds. The average Bonchev–Trinajstić information content (AvgIpc) is 3.76. The molecule has 1 saturated carbocycles. The summed E-state index contributed by atoms with van der Waals surface area (Å²) in [7, 11) is 3.52. The molecule has 3 heterocycles. The molecule has 7 rings (SSSR count). The summed E-state index contributed by atoms with van der Waals surface area (Å²) in [5, 5.41) is 10.6. The van der Waals surface area contributed by atoms with Gasteiger partial charge in [-0.25, -0.2) is 4.39 Å². The van der Waals surface area contributed by atoms with Gasteiger partial charge in [-0.15, -0.1) is 0 Å². The second-order valence-corrected chi connectivity index (χ2v) is 11.4. The van der Waals surface area contributed by atoms with Crippen LogP contribution in [0, 0.1) is 11.7 Å². The highest BCUT2D eigenvalue weighted by Crippen LogP contribution is 2.37. The normalized spacial score (nSPS) is 13.9. The Morgan fingerprint density at radius 2 is 1.83 bits per heavy atom. The zero-order chi connectivity index (χ0) is 28.6. The molecule has 1 aliphatic carbocycles. The number of pyridine rings is 1. The van der Waals surface area contributed by atoms with Crippen molar-refractivity contribution in [3.63, 3.8) is 0 Å². The van der Waals surface area contributed by atoms with E-state index < -0.39 is 0 Å². The summed E-state index contributed by atoms with van der Waals surface area (Å²) in [6.45, 7) is 1.90. The molecule has 0 unspecified atom stereocenters. The van der Waals surface area contributed by atoms with E-state index in [0.29, 0.717) is 5.75 Å². The van der Waals surface area contributed by atoms with Gasteiger partial charge in [0.2, 0.25) is 0 Å². The Balaban J connectivity index is 1.23. The standard InChI is InChI=1S/C35H34FN5O/c1-41-34-11-10-24(26-12-23(20-38-21-26)19-37-18-22-6-3-4-7-22)15-31(34)35(40-41)33-17-30-29(8-5-9-32(30)39-33)25-13-27(36)16-28(14-25)42-2/h5,8-17,20-22,37,39H,3-4,6-7,18-19H2,1-2H3. The van der Waals surface area contributed by atoms with E-state index in [2.05, 4.69) is 45.6 Å². The molecule has 42 heavy (non-hydrogen) atoms. The van der Waals surface area contributed by atoms with Gasteiger partial charge in [0.05, 0.1) is 18.3 Å². The van der Waals surface area contributed by atoms with Crippen LogP contribution in [0.25, 0.3) is 55.4 Å². The van der Waals surface area contributed by atoms with E-state index in [0.717, 1.165) is 74.5 Å². The number of nitrogens with one attached hydrogen (secondary N) is 2. The lowest BCUT2D eigenvalue weighted by Gasteiger charge is -2.11. The van der Waals surface area contributed by atoms with Crippen LogP contribution in [0.4, 0.5) is 4.39 Å². The number of hydrogen-bond donors (Lipinski definition) is 2. The largest absolute Gasteiger partial charge is 0.497 e. The topological polar surface area (TPSA) is 67.8 Å². The lowest BCUT2D eigenvalue weighted by atomic mass is 10.0. The number of fused-ring (bicyclic) bond motifs is 2. The zero-order valence-corrected chi connectivity index (χ0v) is 24.0. The first-order chi connectivity index (χ1) is 20.6. The molecule has 0 saturated heterocycles. The summed E-state index contributed by atoms with van der Waals surface area (Å²) < 4.78 is 21.6. The molecular formula is C35H34FN5O. The molecule has 1 fully saturated rings. The smallest absolute Gasteiger partial charge is 0.127 e. The number of aromatic nitrogens is 4. The molecule has 0 bridgehead atoms. The second-order valence-electron chi connectivity index (χ2n) is 11.4. The van der Waals surface area contributed by atoms with E-state index in [9.17, 15) is 4.39 Å². The Kier molecular flexibility index (Phi) is 6.96. The van der Waals surface area contributed by atoms with Gasteiger partial charge in [0.15, 0.2) is 0 Å². The van der Waals surface area contributed by atoms with E-state index in [1.165, 1.54) is 37.3 Å². The fraction of sp³-hybridized carbons (Fsp3) is 0.257. The first kappa shape index (κ1) is 26.4. The number of ether oxygens (including phenoxy) is 1. The van der Waals surface area contributed by atoms with Crippen molar-refractivity contribution in [3.8, 4) is 39.4 Å². The van der Waals surface area contributed by atoms with E-state index in [-0.39, 0.29) is 5.82 Å². The first-order valence-corrected chi connectivity index (χ1v) is 14.6. The van der Waals surface area contributed by atoms with Crippen molar-refractivity contribution in [2.75, 3.05) is 13.7 Å². The van der Waals surface area contributed by atoms with Gasteiger partial charge in [-0.2, -0.15) is 5.10 Å². The van der Waals surface area contributed by atoms with Crippen molar-refractivity contribution in [2.24, 2.45) is 13.0 Å². The molecule has 0 radical (unpaired) electrons. The molecule has 212 valence electrons. The summed E-state index contributed by atoms with van der Waals surface area (Å²) in [6.07, 6.45) is 9.30. The Hall–Kier alpha value is -4.49. The lowest BCUT2D eigenvalue weighted by molar-refractivity contribution is 0.411. The minimum absolute atomic E-state index is 0.330. The minimum Gasteiger partial charge on any atom is -0.497 e. The third-order valence-electron chi connectivity index (χ3n) is 8.55. The van der Waals surface area contributed by atoms with Gasteiger partial charge < -0.3 is 15.0 Å². The number of halogens is 1. The molecule has 3 aromatic carbocycles. The van der Waals surface area contributed by atoms with E-state index >= 15 is 0 Å².